The van der Waals surface area contributed by atoms with Gasteiger partial charge in [-0.15, -0.1) is 0 Å². The van der Waals surface area contributed by atoms with Gasteiger partial charge < -0.3 is 20.4 Å². The van der Waals surface area contributed by atoms with Gasteiger partial charge in [0.05, 0.1) is 6.42 Å². The van der Waals surface area contributed by atoms with Crippen LogP contribution in [0.1, 0.15) is 25.7 Å². The van der Waals surface area contributed by atoms with Gasteiger partial charge in [0.25, 0.3) is 0 Å². The molecule has 0 aliphatic carbocycles. The van der Waals surface area contributed by atoms with Crippen molar-refractivity contribution in [3.8, 4) is 0 Å². The van der Waals surface area contributed by atoms with Gasteiger partial charge in [-0.05, 0) is 12.8 Å². The van der Waals surface area contributed by atoms with Crippen LogP contribution in [-0.4, -0.2) is 43.9 Å². The molecule has 0 bridgehead atoms. The Hall–Kier alpha value is -1.63. The fraction of sp³-hybridized carbons (Fsp3) is 0.625. The van der Waals surface area contributed by atoms with Gasteiger partial charge in [0, 0.05) is 6.42 Å². The van der Waals surface area contributed by atoms with Gasteiger partial charge in [0.1, 0.15) is 0 Å². The number of rotatable bonds is 7. The first-order chi connectivity index (χ1) is 6.78. The molecule has 0 aromatic rings. The van der Waals surface area contributed by atoms with Crippen LogP contribution in [-0.2, 0) is 14.4 Å². The van der Waals surface area contributed by atoms with Crippen molar-refractivity contribution in [1.82, 2.24) is 0 Å². The molecule has 0 fully saturated rings. The predicted octanol–water partition coefficient (Wildman–Crippen LogP) is -0.468. The van der Waals surface area contributed by atoms with Crippen LogP contribution in [0.15, 0.2) is 0 Å². The van der Waals surface area contributed by atoms with Crippen LogP contribution in [0.2, 0.25) is 0 Å². The molecule has 4 N–H and O–H groups in total. The molecular formula is C8H12O7. The van der Waals surface area contributed by atoms with E-state index in [-0.39, 0.29) is 12.8 Å². The third kappa shape index (κ3) is 4.96. The van der Waals surface area contributed by atoms with E-state index in [1.54, 1.807) is 0 Å². The lowest BCUT2D eigenvalue weighted by Crippen LogP contribution is -2.40. The highest BCUT2D eigenvalue weighted by molar-refractivity contribution is 5.83. The molecule has 1 atom stereocenters. The van der Waals surface area contributed by atoms with E-state index in [0.717, 1.165) is 0 Å². The smallest absolute Gasteiger partial charge is 0.336 e. The SMILES string of the molecule is O=C(O)CCCC(O)(CC(=O)O)C(=O)O. The van der Waals surface area contributed by atoms with E-state index in [9.17, 15) is 19.5 Å². The number of hydrogen-bond donors (Lipinski definition) is 4. The van der Waals surface area contributed by atoms with Crippen molar-refractivity contribution in [3.05, 3.63) is 0 Å². The third-order valence-corrected chi connectivity index (χ3v) is 1.82. The van der Waals surface area contributed by atoms with Gasteiger partial charge in [0.2, 0.25) is 0 Å². The zero-order chi connectivity index (χ0) is 12.1. The molecule has 0 aromatic heterocycles. The van der Waals surface area contributed by atoms with Crippen LogP contribution in [0.5, 0.6) is 0 Å². The van der Waals surface area contributed by atoms with Gasteiger partial charge in [-0.3, -0.25) is 9.59 Å². The van der Waals surface area contributed by atoms with Gasteiger partial charge >= 0.3 is 17.9 Å². The molecule has 86 valence electrons. The number of carboxylic acids is 3. The molecule has 0 spiro atoms. The molecule has 7 nitrogen and oxygen atoms in total. The average Bonchev–Trinajstić information content (AvgIpc) is 2.01. The molecular weight excluding hydrogens is 208 g/mol. The standard InChI is InChI=1S/C8H12O7/c9-5(10)2-1-3-8(15,7(13)14)4-6(11)12/h15H,1-4H2,(H,9,10)(H,11,12)(H,13,14). The highest BCUT2D eigenvalue weighted by Crippen LogP contribution is 2.19. The zero-order valence-corrected chi connectivity index (χ0v) is 7.84. The lowest BCUT2D eigenvalue weighted by Gasteiger charge is -2.20. The number of carboxylic acid groups (broad SMARTS) is 3. The maximum Gasteiger partial charge on any atom is 0.336 e. The molecule has 0 radical (unpaired) electrons. The first-order valence-electron chi connectivity index (χ1n) is 4.17. The Labute approximate surface area is 85.0 Å². The van der Waals surface area contributed by atoms with E-state index in [2.05, 4.69) is 0 Å². The maximum absolute atomic E-state index is 10.6. The third-order valence-electron chi connectivity index (χ3n) is 1.82. The predicted molar refractivity (Wildman–Crippen MR) is 46.3 cm³/mol. The molecule has 1 unspecified atom stereocenters. The monoisotopic (exact) mass is 220 g/mol. The van der Waals surface area contributed by atoms with Crippen molar-refractivity contribution in [2.75, 3.05) is 0 Å². The summed E-state index contributed by atoms with van der Waals surface area (Å²) in [7, 11) is 0. The Morgan fingerprint density at radius 1 is 1.00 bits per heavy atom. The van der Waals surface area contributed by atoms with Crippen LogP contribution in [0.3, 0.4) is 0 Å². The average molecular weight is 220 g/mol. The maximum atomic E-state index is 10.6. The van der Waals surface area contributed by atoms with Gasteiger partial charge in [0.15, 0.2) is 5.60 Å². The van der Waals surface area contributed by atoms with Crippen molar-refractivity contribution in [3.63, 3.8) is 0 Å². The van der Waals surface area contributed by atoms with Gasteiger partial charge in [-0.25, -0.2) is 4.79 Å². The van der Waals surface area contributed by atoms with Crippen LogP contribution in [0, 0.1) is 0 Å². The Kier molecular flexibility index (Phi) is 4.72. The number of aliphatic hydroxyl groups is 1. The van der Waals surface area contributed by atoms with Crippen molar-refractivity contribution in [2.24, 2.45) is 0 Å². The van der Waals surface area contributed by atoms with Gasteiger partial charge in [-0.1, -0.05) is 0 Å². The Morgan fingerprint density at radius 3 is 1.87 bits per heavy atom. The Morgan fingerprint density at radius 2 is 1.53 bits per heavy atom. The van der Waals surface area contributed by atoms with Crippen molar-refractivity contribution >= 4 is 17.9 Å². The largest absolute Gasteiger partial charge is 0.481 e. The summed E-state index contributed by atoms with van der Waals surface area (Å²) in [5.41, 5.74) is -2.39. The summed E-state index contributed by atoms with van der Waals surface area (Å²) in [4.78, 5) is 31.0. The van der Waals surface area contributed by atoms with Crippen molar-refractivity contribution < 1.29 is 34.8 Å². The fourth-order valence-electron chi connectivity index (χ4n) is 1.05. The minimum Gasteiger partial charge on any atom is -0.481 e. The molecule has 0 saturated carbocycles. The minimum atomic E-state index is -2.39. The molecule has 0 saturated heterocycles. The number of hydrogen-bond acceptors (Lipinski definition) is 4. The van der Waals surface area contributed by atoms with E-state index in [0.29, 0.717) is 0 Å². The molecule has 15 heavy (non-hydrogen) atoms. The first kappa shape index (κ1) is 13.4. The summed E-state index contributed by atoms with van der Waals surface area (Å²) >= 11 is 0. The Balaban J connectivity index is 4.32. The normalized spacial score (nSPS) is 14.2. The van der Waals surface area contributed by atoms with Gasteiger partial charge in [-0.2, -0.15) is 0 Å². The van der Waals surface area contributed by atoms with E-state index >= 15 is 0 Å². The molecule has 0 aliphatic heterocycles. The van der Waals surface area contributed by atoms with Crippen LogP contribution in [0.25, 0.3) is 0 Å². The molecule has 0 amide bonds. The zero-order valence-electron chi connectivity index (χ0n) is 7.84. The van der Waals surface area contributed by atoms with Crippen LogP contribution >= 0.6 is 0 Å². The molecule has 0 heterocycles. The second kappa shape index (κ2) is 5.30. The second-order valence-corrected chi connectivity index (χ2v) is 3.15. The summed E-state index contributed by atoms with van der Waals surface area (Å²) in [6, 6.07) is 0. The van der Waals surface area contributed by atoms with Crippen molar-refractivity contribution in [1.29, 1.82) is 0 Å². The lowest BCUT2D eigenvalue weighted by molar-refractivity contribution is -0.166. The number of carbonyl (C=O) groups is 3. The summed E-state index contributed by atoms with van der Waals surface area (Å²) in [6.45, 7) is 0. The molecule has 0 aromatic carbocycles. The van der Waals surface area contributed by atoms with E-state index < -0.39 is 36.4 Å². The topological polar surface area (TPSA) is 132 Å². The van der Waals surface area contributed by atoms with E-state index in [1.807, 2.05) is 0 Å². The summed E-state index contributed by atoms with van der Waals surface area (Å²) in [5, 5.41) is 34.6. The van der Waals surface area contributed by atoms with E-state index in [4.69, 9.17) is 15.3 Å². The Bertz CT molecular complexity index is 272. The molecule has 7 heteroatoms. The van der Waals surface area contributed by atoms with Crippen LogP contribution in [0.4, 0.5) is 0 Å². The van der Waals surface area contributed by atoms with Crippen LogP contribution < -0.4 is 0 Å². The highest BCUT2D eigenvalue weighted by Gasteiger charge is 2.37. The quantitative estimate of drug-likeness (QED) is 0.456. The molecule has 0 aliphatic rings. The fourth-order valence-corrected chi connectivity index (χ4v) is 1.05. The molecule has 0 rings (SSSR count). The number of aliphatic carboxylic acids is 3. The summed E-state index contributed by atoms with van der Waals surface area (Å²) < 4.78 is 0. The van der Waals surface area contributed by atoms with E-state index in [1.165, 1.54) is 0 Å². The highest BCUT2D eigenvalue weighted by atomic mass is 16.4. The summed E-state index contributed by atoms with van der Waals surface area (Å²) in [6.07, 6.45) is -1.75. The lowest BCUT2D eigenvalue weighted by atomic mass is 9.93. The first-order valence-corrected chi connectivity index (χ1v) is 4.17. The van der Waals surface area contributed by atoms with Crippen molar-refractivity contribution in [2.45, 2.75) is 31.3 Å². The minimum absolute atomic E-state index is 0.0919. The summed E-state index contributed by atoms with van der Waals surface area (Å²) in [5.74, 6) is -4.23. The second-order valence-electron chi connectivity index (χ2n) is 3.15.